The first-order valence-electron chi connectivity index (χ1n) is 11.0. The number of thiazole rings is 1. The molecule has 0 aromatic carbocycles. The quantitative estimate of drug-likeness (QED) is 0.672. The third-order valence-electron chi connectivity index (χ3n) is 6.05. The first kappa shape index (κ1) is 20.1. The molecule has 162 valence electrons. The second kappa shape index (κ2) is 8.37. The van der Waals surface area contributed by atoms with Gasteiger partial charge in [0.1, 0.15) is 0 Å². The van der Waals surface area contributed by atoms with Gasteiger partial charge in [-0.15, -0.1) is 21.5 Å². The minimum Gasteiger partial charge on any atom is -0.354 e. The minimum atomic E-state index is -0.0767. The molecule has 1 N–H and O–H groups in total. The first-order chi connectivity index (χ1) is 15.1. The number of nitrogens with one attached hydrogen (secondary N) is 1. The summed E-state index contributed by atoms with van der Waals surface area (Å²) >= 11 is 1.64. The molecule has 2 aliphatic rings. The van der Waals surface area contributed by atoms with Gasteiger partial charge < -0.3 is 10.2 Å². The van der Waals surface area contributed by atoms with Crippen molar-refractivity contribution >= 4 is 28.2 Å². The normalized spacial score (nSPS) is 18.6. The van der Waals surface area contributed by atoms with E-state index in [4.69, 9.17) is 0 Å². The lowest BCUT2D eigenvalue weighted by atomic mass is 9.97. The van der Waals surface area contributed by atoms with Gasteiger partial charge in [0.2, 0.25) is 5.91 Å². The summed E-state index contributed by atoms with van der Waals surface area (Å²) in [6, 6.07) is 5.92. The van der Waals surface area contributed by atoms with Gasteiger partial charge in [0.05, 0.1) is 17.3 Å². The molecular weight excluding hydrogens is 410 g/mol. The van der Waals surface area contributed by atoms with Gasteiger partial charge in [-0.1, -0.05) is 0 Å². The van der Waals surface area contributed by atoms with Crippen LogP contribution in [0.2, 0.25) is 0 Å². The number of rotatable bonds is 4. The number of aryl methyl sites for hydroxylation is 4. The first-order valence-corrected chi connectivity index (χ1v) is 11.8. The van der Waals surface area contributed by atoms with E-state index < -0.39 is 0 Å². The highest BCUT2D eigenvalue weighted by molar-refractivity contribution is 7.15. The molecule has 3 aromatic heterocycles. The third kappa shape index (κ3) is 4.19. The van der Waals surface area contributed by atoms with Crippen LogP contribution in [0.15, 0.2) is 18.2 Å². The number of amides is 1. The predicted octanol–water partition coefficient (Wildman–Crippen LogP) is 3.47. The zero-order valence-electron chi connectivity index (χ0n) is 18.0. The Balaban J connectivity index is 1.25. The highest BCUT2D eigenvalue weighted by Crippen LogP contribution is 2.30. The predicted molar refractivity (Wildman–Crippen MR) is 121 cm³/mol. The van der Waals surface area contributed by atoms with Crippen molar-refractivity contribution < 1.29 is 4.79 Å². The Morgan fingerprint density at radius 2 is 1.94 bits per heavy atom. The summed E-state index contributed by atoms with van der Waals surface area (Å²) in [7, 11) is 0. The molecule has 0 spiro atoms. The van der Waals surface area contributed by atoms with E-state index in [-0.39, 0.29) is 11.8 Å². The number of fused-ring (bicyclic) bond motifs is 1. The van der Waals surface area contributed by atoms with Gasteiger partial charge in [-0.05, 0) is 70.6 Å². The van der Waals surface area contributed by atoms with Crippen LogP contribution in [0.3, 0.4) is 0 Å². The Hall–Kier alpha value is -2.81. The number of hydrogen-bond donors (Lipinski definition) is 1. The van der Waals surface area contributed by atoms with Crippen molar-refractivity contribution in [2.75, 3.05) is 23.3 Å². The van der Waals surface area contributed by atoms with E-state index in [2.05, 4.69) is 30.5 Å². The largest absolute Gasteiger partial charge is 0.354 e. The standard InChI is InChI=1S/C22H27N7OS/c1-14-12-15(2)29(27-14)20-10-9-19(25-26-20)28-11-5-6-16(13-28)21(30)24-22-23-17-7-3-4-8-18(17)31-22/h9-10,12,16H,3-8,11,13H2,1-2H3,(H,23,24,30). The molecular formula is C22H27N7OS. The second-order valence-electron chi connectivity index (χ2n) is 8.46. The Morgan fingerprint density at radius 3 is 2.68 bits per heavy atom. The van der Waals surface area contributed by atoms with E-state index >= 15 is 0 Å². The van der Waals surface area contributed by atoms with Crippen molar-refractivity contribution in [3.8, 4) is 5.82 Å². The molecule has 8 nitrogen and oxygen atoms in total. The van der Waals surface area contributed by atoms with Gasteiger partial charge in [-0.3, -0.25) is 4.79 Å². The maximum Gasteiger partial charge on any atom is 0.231 e. The SMILES string of the molecule is Cc1cc(C)n(-c2ccc(N3CCCC(C(=O)Nc4nc5c(s4)CCCC5)C3)nn2)n1. The Labute approximate surface area is 185 Å². The third-order valence-corrected chi connectivity index (χ3v) is 7.13. The number of carbonyl (C=O) groups is 1. The van der Waals surface area contributed by atoms with E-state index in [1.807, 2.05) is 32.0 Å². The van der Waals surface area contributed by atoms with Crippen molar-refractivity contribution in [3.63, 3.8) is 0 Å². The summed E-state index contributed by atoms with van der Waals surface area (Å²) in [5.74, 6) is 1.48. The highest BCUT2D eigenvalue weighted by atomic mass is 32.1. The van der Waals surface area contributed by atoms with E-state index in [1.165, 1.54) is 23.4 Å². The maximum atomic E-state index is 12.9. The van der Waals surface area contributed by atoms with E-state index in [0.717, 1.165) is 54.6 Å². The lowest BCUT2D eigenvalue weighted by molar-refractivity contribution is -0.120. The number of aromatic nitrogens is 5. The van der Waals surface area contributed by atoms with Crippen LogP contribution in [0.25, 0.3) is 5.82 Å². The van der Waals surface area contributed by atoms with Crippen LogP contribution in [-0.2, 0) is 17.6 Å². The second-order valence-corrected chi connectivity index (χ2v) is 9.54. The van der Waals surface area contributed by atoms with Gasteiger partial charge in [0.15, 0.2) is 16.8 Å². The summed E-state index contributed by atoms with van der Waals surface area (Å²) < 4.78 is 1.80. The zero-order valence-corrected chi connectivity index (χ0v) is 18.8. The maximum absolute atomic E-state index is 12.9. The smallest absolute Gasteiger partial charge is 0.231 e. The number of hydrogen-bond acceptors (Lipinski definition) is 7. The summed E-state index contributed by atoms with van der Waals surface area (Å²) in [5, 5.41) is 17.1. The summed E-state index contributed by atoms with van der Waals surface area (Å²) in [6.07, 6.45) is 6.37. The van der Waals surface area contributed by atoms with Gasteiger partial charge in [0.25, 0.3) is 0 Å². The fourth-order valence-corrected chi connectivity index (χ4v) is 5.53. The lowest BCUT2D eigenvalue weighted by Gasteiger charge is -2.32. The van der Waals surface area contributed by atoms with Crippen LogP contribution >= 0.6 is 11.3 Å². The van der Waals surface area contributed by atoms with Crippen molar-refractivity contribution in [3.05, 3.63) is 40.2 Å². The molecule has 4 heterocycles. The molecule has 3 aromatic rings. The van der Waals surface area contributed by atoms with Crippen molar-refractivity contribution in [2.24, 2.45) is 5.92 Å². The van der Waals surface area contributed by atoms with E-state index in [0.29, 0.717) is 12.4 Å². The number of carbonyl (C=O) groups excluding carboxylic acids is 1. The molecule has 0 radical (unpaired) electrons. The molecule has 1 unspecified atom stereocenters. The van der Waals surface area contributed by atoms with Crippen molar-refractivity contribution in [1.29, 1.82) is 0 Å². The van der Waals surface area contributed by atoms with E-state index in [9.17, 15) is 4.79 Å². The Bertz CT molecular complexity index is 1060. The Morgan fingerprint density at radius 1 is 1.13 bits per heavy atom. The molecule has 1 saturated heterocycles. The van der Waals surface area contributed by atoms with Crippen LogP contribution in [-0.4, -0.2) is 44.0 Å². The topological polar surface area (TPSA) is 88.8 Å². The van der Waals surface area contributed by atoms with Crippen molar-refractivity contribution in [1.82, 2.24) is 25.0 Å². The van der Waals surface area contributed by atoms with Crippen molar-refractivity contribution in [2.45, 2.75) is 52.4 Å². The molecule has 5 rings (SSSR count). The van der Waals surface area contributed by atoms with Gasteiger partial charge in [-0.2, -0.15) is 5.10 Å². The van der Waals surface area contributed by atoms with Gasteiger partial charge in [-0.25, -0.2) is 9.67 Å². The molecule has 9 heteroatoms. The summed E-state index contributed by atoms with van der Waals surface area (Å²) in [5.41, 5.74) is 3.15. The molecule has 1 aliphatic heterocycles. The molecule has 1 fully saturated rings. The molecule has 0 bridgehead atoms. The van der Waals surface area contributed by atoms with Crippen LogP contribution in [0.4, 0.5) is 10.9 Å². The monoisotopic (exact) mass is 437 g/mol. The van der Waals surface area contributed by atoms with Gasteiger partial charge >= 0.3 is 0 Å². The molecule has 1 amide bonds. The highest BCUT2D eigenvalue weighted by Gasteiger charge is 2.28. The summed E-state index contributed by atoms with van der Waals surface area (Å²) in [4.78, 5) is 21.1. The molecule has 1 atom stereocenters. The number of piperidine rings is 1. The zero-order chi connectivity index (χ0) is 21.4. The molecule has 0 saturated carbocycles. The van der Waals surface area contributed by atoms with Gasteiger partial charge in [0, 0.05) is 23.7 Å². The summed E-state index contributed by atoms with van der Waals surface area (Å²) in [6.45, 7) is 5.49. The minimum absolute atomic E-state index is 0.0583. The number of anilines is 2. The fraction of sp³-hybridized carbons (Fsp3) is 0.500. The lowest BCUT2D eigenvalue weighted by Crippen LogP contribution is -2.41. The van der Waals surface area contributed by atoms with E-state index in [1.54, 1.807) is 16.0 Å². The molecule has 1 aliphatic carbocycles. The van der Waals surface area contributed by atoms with Crippen LogP contribution in [0, 0.1) is 19.8 Å². The van der Waals surface area contributed by atoms with Crippen LogP contribution < -0.4 is 10.2 Å². The Kier molecular flexibility index (Phi) is 5.43. The van der Waals surface area contributed by atoms with Crippen LogP contribution in [0.1, 0.15) is 47.6 Å². The number of nitrogens with zero attached hydrogens (tertiary/aromatic N) is 6. The molecule has 31 heavy (non-hydrogen) atoms. The average molecular weight is 438 g/mol. The fourth-order valence-electron chi connectivity index (χ4n) is 4.47. The van der Waals surface area contributed by atoms with Crippen LogP contribution in [0.5, 0.6) is 0 Å². The average Bonchev–Trinajstić information content (AvgIpc) is 3.35.